The van der Waals surface area contributed by atoms with Crippen LogP contribution in [0.15, 0.2) is 60.7 Å². The molecule has 6 heteroatoms. The fraction of sp³-hybridized carbons (Fsp3) is 0.417. The second-order valence-corrected chi connectivity index (χ2v) is 7.09. The molecule has 0 unspecified atom stereocenters. The summed E-state index contributed by atoms with van der Waals surface area (Å²) in [5, 5.41) is 11.3. The molecule has 0 amide bonds. The van der Waals surface area contributed by atoms with Crippen molar-refractivity contribution in [2.45, 2.75) is 51.3 Å². The Morgan fingerprint density at radius 2 is 1.13 bits per heavy atom. The molecule has 0 bridgehead atoms. The van der Waals surface area contributed by atoms with Gasteiger partial charge in [-0.3, -0.25) is 0 Å². The van der Waals surface area contributed by atoms with Gasteiger partial charge in [0.1, 0.15) is 17.1 Å². The number of rotatable bonds is 11. The van der Waals surface area contributed by atoms with E-state index in [1.807, 2.05) is 0 Å². The molecule has 30 heavy (non-hydrogen) atoms. The summed E-state index contributed by atoms with van der Waals surface area (Å²) in [6, 6.07) is 12.9. The Bertz CT molecular complexity index is 727. The second kappa shape index (κ2) is 11.1. The van der Waals surface area contributed by atoms with E-state index in [9.17, 15) is 18.3 Å². The third-order valence-corrected chi connectivity index (χ3v) is 4.64. The predicted octanol–water partition coefficient (Wildman–Crippen LogP) is 6.40. The van der Waals surface area contributed by atoms with Gasteiger partial charge in [-0.1, -0.05) is 51.0 Å². The molecule has 0 atom stereocenters. The summed E-state index contributed by atoms with van der Waals surface area (Å²) < 4.78 is 49.8. The van der Waals surface area contributed by atoms with Gasteiger partial charge in [-0.25, -0.2) is 0 Å². The maximum Gasteiger partial charge on any atom is 0.409 e. The van der Waals surface area contributed by atoms with Crippen molar-refractivity contribution in [1.29, 1.82) is 0 Å². The summed E-state index contributed by atoms with van der Waals surface area (Å²) in [6.45, 7) is 5.24. The number of unbranched alkanes of at least 4 members (excludes halogenated alkanes) is 2. The minimum absolute atomic E-state index is 0.0598. The maximum atomic E-state index is 12.9. The quantitative estimate of drug-likeness (QED) is 0.336. The number of halogens is 3. The van der Waals surface area contributed by atoms with Gasteiger partial charge < -0.3 is 14.6 Å². The highest BCUT2D eigenvalue weighted by Crippen LogP contribution is 2.34. The highest BCUT2D eigenvalue weighted by Gasteiger charge is 2.32. The predicted molar refractivity (Wildman–Crippen MR) is 112 cm³/mol. The van der Waals surface area contributed by atoms with Gasteiger partial charge in [0, 0.05) is 6.08 Å². The van der Waals surface area contributed by atoms with Crippen LogP contribution in [0, 0.1) is 0 Å². The lowest BCUT2D eigenvalue weighted by Gasteiger charge is -2.27. The first kappa shape index (κ1) is 23.8. The van der Waals surface area contributed by atoms with Crippen LogP contribution in [-0.4, -0.2) is 24.5 Å². The van der Waals surface area contributed by atoms with Gasteiger partial charge in [0.2, 0.25) is 0 Å². The number of benzene rings is 2. The summed E-state index contributed by atoms with van der Waals surface area (Å²) in [6.07, 6.45) is 0.105. The molecule has 0 saturated carbocycles. The van der Waals surface area contributed by atoms with Gasteiger partial charge >= 0.3 is 6.18 Å². The minimum Gasteiger partial charge on any atom is -0.494 e. The molecule has 2 aromatic carbocycles. The molecule has 0 fully saturated rings. The highest BCUT2D eigenvalue weighted by atomic mass is 19.4. The van der Waals surface area contributed by atoms with E-state index in [1.54, 1.807) is 48.5 Å². The minimum atomic E-state index is -4.54. The maximum absolute atomic E-state index is 12.9. The van der Waals surface area contributed by atoms with E-state index in [0.717, 1.165) is 31.8 Å². The van der Waals surface area contributed by atoms with Crippen LogP contribution in [0.3, 0.4) is 0 Å². The number of aliphatic hydroxyl groups is 1. The molecule has 1 N–H and O–H groups in total. The van der Waals surface area contributed by atoms with E-state index in [0.29, 0.717) is 35.8 Å². The van der Waals surface area contributed by atoms with E-state index in [4.69, 9.17) is 9.47 Å². The second-order valence-electron chi connectivity index (χ2n) is 7.09. The zero-order chi connectivity index (χ0) is 22.0. The fourth-order valence-corrected chi connectivity index (χ4v) is 2.85. The van der Waals surface area contributed by atoms with Crippen LogP contribution in [-0.2, 0) is 5.60 Å². The van der Waals surface area contributed by atoms with Gasteiger partial charge in [0.25, 0.3) is 0 Å². The fourth-order valence-electron chi connectivity index (χ4n) is 2.85. The number of ether oxygens (including phenoxy) is 2. The number of hydrogen-bond donors (Lipinski definition) is 1. The third-order valence-electron chi connectivity index (χ3n) is 4.64. The Morgan fingerprint density at radius 3 is 1.47 bits per heavy atom. The summed E-state index contributed by atoms with van der Waals surface area (Å²) in [5.41, 5.74) is -1.32. The van der Waals surface area contributed by atoms with Crippen LogP contribution in [0.5, 0.6) is 11.5 Å². The zero-order valence-electron chi connectivity index (χ0n) is 17.4. The molecule has 0 aromatic heterocycles. The Morgan fingerprint density at radius 1 is 0.733 bits per heavy atom. The Labute approximate surface area is 176 Å². The molecular weight excluding hydrogens is 393 g/mol. The standard InChI is InChI=1S/C24H29F3O3/c1-3-5-17-29-21-11-7-19(8-12-21)23(28,15-16-24(25,26)27)20-9-13-22(14-10-20)30-18-6-4-2/h7-16,28H,3-6,17-18H2,1-2H3/b16-15+. The lowest BCUT2D eigenvalue weighted by Crippen LogP contribution is -2.25. The lowest BCUT2D eigenvalue weighted by molar-refractivity contribution is -0.0811. The normalized spacial score (nSPS) is 12.3. The van der Waals surface area contributed by atoms with Crippen molar-refractivity contribution in [2.24, 2.45) is 0 Å². The molecule has 2 rings (SSSR count). The molecule has 0 aliphatic heterocycles. The lowest BCUT2D eigenvalue weighted by atomic mass is 9.86. The molecule has 3 nitrogen and oxygen atoms in total. The largest absolute Gasteiger partial charge is 0.494 e. The van der Waals surface area contributed by atoms with Crippen LogP contribution in [0.2, 0.25) is 0 Å². The summed E-state index contributed by atoms with van der Waals surface area (Å²) in [5.74, 6) is 1.21. The molecule has 0 saturated heterocycles. The van der Waals surface area contributed by atoms with E-state index < -0.39 is 11.8 Å². The first-order chi connectivity index (χ1) is 14.3. The molecule has 0 radical (unpaired) electrons. The smallest absolute Gasteiger partial charge is 0.409 e. The third kappa shape index (κ3) is 7.10. The van der Waals surface area contributed by atoms with Gasteiger partial charge in [0.15, 0.2) is 0 Å². The van der Waals surface area contributed by atoms with E-state index in [2.05, 4.69) is 13.8 Å². The monoisotopic (exact) mass is 422 g/mol. The van der Waals surface area contributed by atoms with Gasteiger partial charge in [-0.15, -0.1) is 0 Å². The summed E-state index contributed by atoms with van der Waals surface area (Å²) in [7, 11) is 0. The van der Waals surface area contributed by atoms with Crippen LogP contribution in [0.25, 0.3) is 0 Å². The number of allylic oxidation sites excluding steroid dienone is 1. The first-order valence-corrected chi connectivity index (χ1v) is 10.2. The SMILES string of the molecule is CCCCOc1ccc(C(O)(/C=C/C(F)(F)F)c2ccc(OCCCC)cc2)cc1. The molecular formula is C24H29F3O3. The van der Waals surface area contributed by atoms with Crippen molar-refractivity contribution in [1.82, 2.24) is 0 Å². The van der Waals surface area contributed by atoms with Crippen LogP contribution in [0.4, 0.5) is 13.2 Å². The Hall–Kier alpha value is -2.47. The average molecular weight is 422 g/mol. The average Bonchev–Trinajstić information content (AvgIpc) is 2.73. The van der Waals surface area contributed by atoms with Crippen molar-refractivity contribution in [2.75, 3.05) is 13.2 Å². The Kier molecular flexibility index (Phi) is 8.78. The van der Waals surface area contributed by atoms with Gasteiger partial charge in [-0.05, 0) is 54.3 Å². The van der Waals surface area contributed by atoms with E-state index >= 15 is 0 Å². The van der Waals surface area contributed by atoms with Crippen molar-refractivity contribution in [3.8, 4) is 11.5 Å². The highest BCUT2D eigenvalue weighted by molar-refractivity contribution is 5.44. The molecule has 2 aromatic rings. The van der Waals surface area contributed by atoms with Gasteiger partial charge in [0.05, 0.1) is 13.2 Å². The van der Waals surface area contributed by atoms with Crippen LogP contribution in [0.1, 0.15) is 50.7 Å². The molecule has 0 aliphatic rings. The van der Waals surface area contributed by atoms with Crippen LogP contribution >= 0.6 is 0 Å². The molecule has 164 valence electrons. The van der Waals surface area contributed by atoms with E-state index in [-0.39, 0.29) is 6.08 Å². The Balaban J connectivity index is 2.30. The molecule has 0 heterocycles. The van der Waals surface area contributed by atoms with Crippen LogP contribution < -0.4 is 9.47 Å². The number of hydrogen-bond acceptors (Lipinski definition) is 3. The van der Waals surface area contributed by atoms with Gasteiger partial charge in [-0.2, -0.15) is 13.2 Å². The summed E-state index contributed by atoms with van der Waals surface area (Å²) >= 11 is 0. The number of alkyl halides is 3. The van der Waals surface area contributed by atoms with Crippen molar-refractivity contribution in [3.05, 3.63) is 71.8 Å². The zero-order valence-corrected chi connectivity index (χ0v) is 17.4. The topological polar surface area (TPSA) is 38.7 Å². The van der Waals surface area contributed by atoms with Crippen molar-refractivity contribution in [3.63, 3.8) is 0 Å². The van der Waals surface area contributed by atoms with Crippen molar-refractivity contribution < 1.29 is 27.8 Å². The van der Waals surface area contributed by atoms with E-state index in [1.165, 1.54) is 0 Å². The molecule has 0 spiro atoms. The summed E-state index contributed by atoms with van der Waals surface area (Å²) in [4.78, 5) is 0. The van der Waals surface area contributed by atoms with Crippen molar-refractivity contribution >= 4 is 0 Å². The first-order valence-electron chi connectivity index (χ1n) is 10.2. The molecule has 0 aliphatic carbocycles.